The number of hydrogen-bond donors (Lipinski definition) is 2. The molecule has 0 bridgehead atoms. The van der Waals surface area contributed by atoms with Gasteiger partial charge in [0.2, 0.25) is 0 Å². The molecule has 0 heterocycles. The van der Waals surface area contributed by atoms with Crippen LogP contribution in [0.3, 0.4) is 0 Å². The van der Waals surface area contributed by atoms with Gasteiger partial charge in [0.05, 0.1) is 28.1 Å². The first-order chi connectivity index (χ1) is 19.7. The molecule has 12 heteroatoms. The Morgan fingerprint density at radius 2 is 1.27 bits per heavy atom. The molecule has 0 saturated carbocycles. The summed E-state index contributed by atoms with van der Waals surface area (Å²) in [6, 6.07) is 22.6. The first-order valence-corrected chi connectivity index (χ1v) is 12.8. The van der Waals surface area contributed by atoms with Crippen molar-refractivity contribution in [3.63, 3.8) is 0 Å². The molecule has 0 aliphatic heterocycles. The van der Waals surface area contributed by atoms with Crippen LogP contribution in [0.15, 0.2) is 96.1 Å². The molecule has 41 heavy (non-hydrogen) atoms. The smallest absolute Gasteiger partial charge is 0.343 e. The molecule has 4 aromatic rings. The zero-order valence-corrected chi connectivity index (χ0v) is 23.0. The van der Waals surface area contributed by atoms with Gasteiger partial charge >= 0.3 is 23.8 Å². The summed E-state index contributed by atoms with van der Waals surface area (Å²) in [6.07, 6.45) is 1.15. The van der Waals surface area contributed by atoms with Crippen molar-refractivity contribution in [3.8, 4) is 11.5 Å². The third kappa shape index (κ3) is 8.15. The van der Waals surface area contributed by atoms with E-state index in [0.717, 1.165) is 6.21 Å². The number of anilines is 1. The molecule has 4 aromatic carbocycles. The van der Waals surface area contributed by atoms with E-state index < -0.39 is 23.8 Å². The number of esters is 2. The minimum absolute atomic E-state index is 0.0510. The van der Waals surface area contributed by atoms with Gasteiger partial charge in [-0.25, -0.2) is 15.0 Å². The van der Waals surface area contributed by atoms with Crippen LogP contribution in [0.1, 0.15) is 26.3 Å². The molecule has 206 valence electrons. The normalized spacial score (nSPS) is 10.6. The van der Waals surface area contributed by atoms with Crippen molar-refractivity contribution < 1.29 is 28.7 Å². The number of carbonyl (C=O) groups is 4. The number of hydrogen-bond acceptors (Lipinski definition) is 7. The van der Waals surface area contributed by atoms with Crippen molar-refractivity contribution in [2.45, 2.75) is 0 Å². The fourth-order valence-corrected chi connectivity index (χ4v) is 3.66. The Bertz CT molecular complexity index is 1640. The van der Waals surface area contributed by atoms with Crippen LogP contribution >= 0.6 is 34.8 Å². The fourth-order valence-electron chi connectivity index (χ4n) is 3.22. The summed E-state index contributed by atoms with van der Waals surface area (Å²) in [6.45, 7) is 0. The molecular weight excluding hydrogens is 593 g/mol. The summed E-state index contributed by atoms with van der Waals surface area (Å²) in [5.41, 5.74) is 3.00. The molecule has 2 amide bonds. The Morgan fingerprint density at radius 3 is 1.88 bits per heavy atom. The van der Waals surface area contributed by atoms with Crippen LogP contribution in [0, 0.1) is 0 Å². The second kappa shape index (κ2) is 13.6. The maximum absolute atomic E-state index is 12.8. The predicted molar refractivity (Wildman–Crippen MR) is 155 cm³/mol. The summed E-state index contributed by atoms with van der Waals surface area (Å²) >= 11 is 17.8. The van der Waals surface area contributed by atoms with E-state index in [1.54, 1.807) is 30.3 Å². The van der Waals surface area contributed by atoms with E-state index >= 15 is 0 Å². The minimum Gasteiger partial charge on any atom is -0.423 e. The summed E-state index contributed by atoms with van der Waals surface area (Å²) in [5, 5.41) is 7.28. The van der Waals surface area contributed by atoms with Crippen LogP contribution in [0.5, 0.6) is 11.5 Å². The van der Waals surface area contributed by atoms with Gasteiger partial charge in [0.15, 0.2) is 0 Å². The van der Waals surface area contributed by atoms with Crippen LogP contribution in [0.4, 0.5) is 5.69 Å². The Balaban J connectivity index is 1.52. The SMILES string of the molecule is O=C(N/N=C/c1ccc(OC(=O)c2ccc(Cl)cc2)cc1OC(=O)c1ccc(Cl)cc1)C(=O)Nc1ccccc1Cl. The first kappa shape index (κ1) is 29.3. The van der Waals surface area contributed by atoms with Gasteiger partial charge in [0.25, 0.3) is 0 Å². The zero-order chi connectivity index (χ0) is 29.4. The third-order valence-electron chi connectivity index (χ3n) is 5.26. The third-order valence-corrected chi connectivity index (χ3v) is 6.09. The van der Waals surface area contributed by atoms with E-state index in [2.05, 4.69) is 15.8 Å². The molecule has 0 fully saturated rings. The molecule has 0 atom stereocenters. The van der Waals surface area contributed by atoms with E-state index in [0.29, 0.717) is 10.0 Å². The van der Waals surface area contributed by atoms with Crippen LogP contribution < -0.4 is 20.2 Å². The lowest BCUT2D eigenvalue weighted by Crippen LogP contribution is -2.32. The molecule has 0 radical (unpaired) electrons. The number of ether oxygens (including phenoxy) is 2. The van der Waals surface area contributed by atoms with Crippen LogP contribution in [0.2, 0.25) is 15.1 Å². The molecule has 0 unspecified atom stereocenters. The summed E-state index contributed by atoms with van der Waals surface area (Å²) in [4.78, 5) is 49.7. The number of amides is 2. The average molecular weight is 611 g/mol. The predicted octanol–water partition coefficient (Wildman–Crippen LogP) is 6.17. The number of hydrazone groups is 1. The highest BCUT2D eigenvalue weighted by Gasteiger charge is 2.17. The highest BCUT2D eigenvalue weighted by Crippen LogP contribution is 2.26. The van der Waals surface area contributed by atoms with Crippen molar-refractivity contribution in [2.75, 3.05) is 5.32 Å². The minimum atomic E-state index is -1.07. The number of halogens is 3. The molecule has 0 aliphatic carbocycles. The second-order valence-corrected chi connectivity index (χ2v) is 9.41. The molecule has 0 saturated heterocycles. The molecule has 0 spiro atoms. The van der Waals surface area contributed by atoms with Gasteiger partial charge in [-0.3, -0.25) is 9.59 Å². The maximum atomic E-state index is 12.8. The summed E-state index contributed by atoms with van der Waals surface area (Å²) in [7, 11) is 0. The van der Waals surface area contributed by atoms with Gasteiger partial charge in [0.1, 0.15) is 11.5 Å². The zero-order valence-electron chi connectivity index (χ0n) is 20.8. The van der Waals surface area contributed by atoms with Crippen LogP contribution in [-0.4, -0.2) is 30.0 Å². The molecule has 9 nitrogen and oxygen atoms in total. The topological polar surface area (TPSA) is 123 Å². The lowest BCUT2D eigenvalue weighted by Gasteiger charge is -2.11. The molecule has 0 aliphatic rings. The largest absolute Gasteiger partial charge is 0.423 e. The van der Waals surface area contributed by atoms with Crippen molar-refractivity contribution >= 4 is 70.5 Å². The Morgan fingerprint density at radius 1 is 0.683 bits per heavy atom. The number of rotatable bonds is 7. The van der Waals surface area contributed by atoms with E-state index in [4.69, 9.17) is 44.3 Å². The Labute approximate surface area is 248 Å². The lowest BCUT2D eigenvalue weighted by molar-refractivity contribution is -0.136. The fraction of sp³-hybridized carbons (Fsp3) is 0. The average Bonchev–Trinajstić information content (AvgIpc) is 2.96. The van der Waals surface area contributed by atoms with Crippen molar-refractivity contribution in [1.29, 1.82) is 0 Å². The number of nitrogens with zero attached hydrogens (tertiary/aromatic N) is 1. The van der Waals surface area contributed by atoms with E-state index in [1.165, 1.54) is 60.7 Å². The van der Waals surface area contributed by atoms with Gasteiger partial charge in [-0.2, -0.15) is 5.10 Å². The van der Waals surface area contributed by atoms with Gasteiger partial charge in [-0.15, -0.1) is 0 Å². The van der Waals surface area contributed by atoms with Gasteiger partial charge < -0.3 is 14.8 Å². The van der Waals surface area contributed by atoms with Crippen molar-refractivity contribution in [2.24, 2.45) is 5.10 Å². The lowest BCUT2D eigenvalue weighted by atomic mass is 10.2. The molecule has 4 rings (SSSR count). The molecule has 2 N–H and O–H groups in total. The standard InChI is InChI=1S/C29H18Cl3N3O6/c30-20-10-5-17(6-11-20)28(38)40-22-14-9-19(25(15-22)41-29(39)18-7-12-21(31)13-8-18)16-33-35-27(37)26(36)34-24-4-2-1-3-23(24)32/h1-16H,(H,34,36)(H,35,37)/b33-16+. The van der Waals surface area contributed by atoms with Crippen LogP contribution in [-0.2, 0) is 9.59 Å². The highest BCUT2D eigenvalue weighted by atomic mass is 35.5. The maximum Gasteiger partial charge on any atom is 0.343 e. The summed E-state index contributed by atoms with van der Waals surface area (Å²) in [5.74, 6) is -3.48. The van der Waals surface area contributed by atoms with E-state index in [-0.39, 0.29) is 38.9 Å². The van der Waals surface area contributed by atoms with Crippen molar-refractivity contribution in [3.05, 3.63) is 123 Å². The highest BCUT2D eigenvalue weighted by molar-refractivity contribution is 6.41. The quantitative estimate of drug-likeness (QED) is 0.0848. The molecular formula is C29H18Cl3N3O6. The number of carbonyl (C=O) groups excluding carboxylic acids is 4. The number of para-hydroxylation sites is 1. The van der Waals surface area contributed by atoms with Crippen molar-refractivity contribution in [1.82, 2.24) is 5.43 Å². The van der Waals surface area contributed by atoms with Crippen LogP contribution in [0.25, 0.3) is 0 Å². The first-order valence-electron chi connectivity index (χ1n) is 11.7. The number of nitrogens with one attached hydrogen (secondary N) is 2. The van der Waals surface area contributed by atoms with E-state index in [1.807, 2.05) is 0 Å². The Kier molecular flexibility index (Phi) is 9.70. The van der Waals surface area contributed by atoms with Gasteiger partial charge in [-0.05, 0) is 72.8 Å². The molecule has 0 aromatic heterocycles. The second-order valence-electron chi connectivity index (χ2n) is 8.13. The Hall–Kier alpha value is -4.70. The summed E-state index contributed by atoms with van der Waals surface area (Å²) < 4.78 is 10.9. The van der Waals surface area contributed by atoms with Gasteiger partial charge in [-0.1, -0.05) is 46.9 Å². The number of benzene rings is 4. The van der Waals surface area contributed by atoms with Gasteiger partial charge in [0, 0.05) is 21.7 Å². The monoisotopic (exact) mass is 609 g/mol. The van der Waals surface area contributed by atoms with E-state index in [9.17, 15) is 19.2 Å².